The number of rotatable bonds is 6. The second kappa shape index (κ2) is 6.80. The maximum Gasteiger partial charge on any atom is 0.236 e. The van der Waals surface area contributed by atoms with Crippen molar-refractivity contribution < 1.29 is 9.53 Å². The highest BCUT2D eigenvalue weighted by Crippen LogP contribution is 1.98. The molecule has 15 heavy (non-hydrogen) atoms. The first kappa shape index (κ1) is 14.4. The molecule has 4 heteroatoms. The maximum absolute atomic E-state index is 11.6. The average Bonchev–Trinajstić information content (AvgIpc) is 2.13. The van der Waals surface area contributed by atoms with E-state index >= 15 is 0 Å². The van der Waals surface area contributed by atoms with Gasteiger partial charge in [-0.15, -0.1) is 0 Å². The molecule has 0 unspecified atom stereocenters. The van der Waals surface area contributed by atoms with Crippen molar-refractivity contribution in [1.29, 1.82) is 0 Å². The molecule has 0 fully saturated rings. The van der Waals surface area contributed by atoms with Crippen LogP contribution in [0.25, 0.3) is 0 Å². The summed E-state index contributed by atoms with van der Waals surface area (Å²) < 4.78 is 4.93. The molecule has 4 nitrogen and oxygen atoms in total. The van der Waals surface area contributed by atoms with Crippen LogP contribution in [0.5, 0.6) is 0 Å². The number of ether oxygens (including phenoxy) is 1. The highest BCUT2D eigenvalue weighted by atomic mass is 16.5. The third-order valence-corrected chi connectivity index (χ3v) is 2.04. The zero-order chi connectivity index (χ0) is 11.9. The summed E-state index contributed by atoms with van der Waals surface area (Å²) in [5.41, 5.74) is -0.0109. The fourth-order valence-corrected chi connectivity index (χ4v) is 1.05. The van der Waals surface area contributed by atoms with E-state index in [0.29, 0.717) is 13.2 Å². The first-order valence-corrected chi connectivity index (χ1v) is 5.35. The lowest BCUT2D eigenvalue weighted by atomic mass is 10.1. The van der Waals surface area contributed by atoms with E-state index in [-0.39, 0.29) is 11.4 Å². The van der Waals surface area contributed by atoms with Crippen molar-refractivity contribution in [3.05, 3.63) is 0 Å². The lowest BCUT2D eigenvalue weighted by Gasteiger charge is -2.23. The van der Waals surface area contributed by atoms with Gasteiger partial charge in [-0.2, -0.15) is 0 Å². The van der Waals surface area contributed by atoms with Gasteiger partial charge in [0.2, 0.25) is 5.91 Å². The molecule has 0 spiro atoms. The van der Waals surface area contributed by atoms with E-state index in [4.69, 9.17) is 4.74 Å². The van der Waals surface area contributed by atoms with Crippen LogP contribution in [0.15, 0.2) is 0 Å². The fourth-order valence-electron chi connectivity index (χ4n) is 1.05. The number of carbonyl (C=O) groups excluding carboxylic acids is 1. The summed E-state index contributed by atoms with van der Waals surface area (Å²) in [5.74, 6) is 0.126. The molecule has 0 aliphatic rings. The van der Waals surface area contributed by atoms with Gasteiger partial charge in [-0.25, -0.2) is 0 Å². The molecule has 0 aromatic rings. The molecule has 0 rings (SSSR count). The Labute approximate surface area is 93.0 Å². The van der Waals surface area contributed by atoms with Gasteiger partial charge in [-0.3, -0.25) is 4.79 Å². The van der Waals surface area contributed by atoms with Crippen LogP contribution in [0.4, 0.5) is 0 Å². The number of nitrogens with zero attached hydrogens (tertiary/aromatic N) is 1. The molecule has 0 bridgehead atoms. The zero-order valence-corrected chi connectivity index (χ0v) is 10.6. The molecule has 0 aliphatic carbocycles. The van der Waals surface area contributed by atoms with Crippen LogP contribution in [0.1, 0.15) is 27.2 Å². The van der Waals surface area contributed by atoms with E-state index in [2.05, 4.69) is 5.32 Å². The standard InChI is InChI=1S/C11H24N2O2/c1-11(2,3)12-9-10(14)13(4)7-6-8-15-5/h12H,6-9H2,1-5H3. The van der Waals surface area contributed by atoms with Gasteiger partial charge in [-0.05, 0) is 27.2 Å². The molecule has 1 N–H and O–H groups in total. The van der Waals surface area contributed by atoms with Crippen LogP contribution in [0.2, 0.25) is 0 Å². The molecule has 0 heterocycles. The van der Waals surface area contributed by atoms with Crippen LogP contribution in [-0.4, -0.2) is 50.2 Å². The van der Waals surface area contributed by atoms with E-state index in [9.17, 15) is 4.79 Å². The van der Waals surface area contributed by atoms with Gasteiger partial charge < -0.3 is 15.0 Å². The number of methoxy groups -OCH3 is 1. The van der Waals surface area contributed by atoms with Crippen LogP contribution in [0, 0.1) is 0 Å². The van der Waals surface area contributed by atoms with Gasteiger partial charge in [0, 0.05) is 32.8 Å². The number of carbonyl (C=O) groups is 1. The minimum atomic E-state index is -0.0109. The van der Waals surface area contributed by atoms with Gasteiger partial charge in [0.05, 0.1) is 6.54 Å². The van der Waals surface area contributed by atoms with Gasteiger partial charge in [0.1, 0.15) is 0 Å². The average molecular weight is 216 g/mol. The molecule has 0 radical (unpaired) electrons. The number of hydrogen-bond acceptors (Lipinski definition) is 3. The number of nitrogens with one attached hydrogen (secondary N) is 1. The largest absolute Gasteiger partial charge is 0.385 e. The Morgan fingerprint density at radius 2 is 2.00 bits per heavy atom. The molecule has 0 saturated heterocycles. The molecule has 0 aromatic heterocycles. The topological polar surface area (TPSA) is 41.6 Å². The predicted molar refractivity (Wildman–Crippen MR) is 61.9 cm³/mol. The van der Waals surface area contributed by atoms with E-state index in [1.54, 1.807) is 12.0 Å². The van der Waals surface area contributed by atoms with E-state index in [0.717, 1.165) is 13.0 Å². The van der Waals surface area contributed by atoms with Gasteiger partial charge >= 0.3 is 0 Å². The second-order valence-electron chi connectivity index (χ2n) is 4.77. The third kappa shape index (κ3) is 8.39. The van der Waals surface area contributed by atoms with Crippen LogP contribution in [0.3, 0.4) is 0 Å². The van der Waals surface area contributed by atoms with Crippen molar-refractivity contribution in [1.82, 2.24) is 10.2 Å². The Hall–Kier alpha value is -0.610. The minimum absolute atomic E-state index is 0.0109. The Balaban J connectivity index is 3.70. The van der Waals surface area contributed by atoms with E-state index < -0.39 is 0 Å². The summed E-state index contributed by atoms with van der Waals surface area (Å²) >= 11 is 0. The molecule has 90 valence electrons. The van der Waals surface area contributed by atoms with Crippen molar-refractivity contribution in [3.63, 3.8) is 0 Å². The van der Waals surface area contributed by atoms with Crippen molar-refractivity contribution in [2.24, 2.45) is 0 Å². The van der Waals surface area contributed by atoms with Crippen molar-refractivity contribution in [3.8, 4) is 0 Å². The SMILES string of the molecule is COCCCN(C)C(=O)CNC(C)(C)C. The summed E-state index contributed by atoms with van der Waals surface area (Å²) in [6.45, 7) is 7.98. The Kier molecular flexibility index (Phi) is 6.52. The Morgan fingerprint density at radius 1 is 1.40 bits per heavy atom. The highest BCUT2D eigenvalue weighted by molar-refractivity contribution is 5.78. The maximum atomic E-state index is 11.6. The van der Waals surface area contributed by atoms with Gasteiger partial charge in [0.25, 0.3) is 0 Å². The monoisotopic (exact) mass is 216 g/mol. The normalized spacial score (nSPS) is 11.5. The van der Waals surface area contributed by atoms with Gasteiger partial charge in [-0.1, -0.05) is 0 Å². The van der Waals surface area contributed by atoms with Crippen molar-refractivity contribution in [2.45, 2.75) is 32.7 Å². The predicted octanol–water partition coefficient (Wildman–Crippen LogP) is 0.869. The van der Waals surface area contributed by atoms with Crippen LogP contribution in [-0.2, 0) is 9.53 Å². The zero-order valence-electron chi connectivity index (χ0n) is 10.6. The van der Waals surface area contributed by atoms with E-state index in [1.807, 2.05) is 27.8 Å². The van der Waals surface area contributed by atoms with Crippen LogP contribution >= 0.6 is 0 Å². The third-order valence-electron chi connectivity index (χ3n) is 2.04. The Bertz CT molecular complexity index is 188. The van der Waals surface area contributed by atoms with Crippen molar-refractivity contribution in [2.75, 3.05) is 33.9 Å². The molecular weight excluding hydrogens is 192 g/mol. The Morgan fingerprint density at radius 3 is 2.47 bits per heavy atom. The summed E-state index contributed by atoms with van der Waals surface area (Å²) in [6, 6.07) is 0. The lowest BCUT2D eigenvalue weighted by Crippen LogP contribution is -2.44. The van der Waals surface area contributed by atoms with Crippen LogP contribution < -0.4 is 5.32 Å². The highest BCUT2D eigenvalue weighted by Gasteiger charge is 2.13. The molecule has 0 atom stereocenters. The molecule has 0 aromatic carbocycles. The molecule has 0 aliphatic heterocycles. The second-order valence-corrected chi connectivity index (χ2v) is 4.77. The minimum Gasteiger partial charge on any atom is -0.385 e. The molecule has 1 amide bonds. The first-order chi connectivity index (χ1) is 6.87. The summed E-state index contributed by atoms with van der Waals surface area (Å²) in [4.78, 5) is 13.3. The number of hydrogen-bond donors (Lipinski definition) is 1. The molecular formula is C11H24N2O2. The first-order valence-electron chi connectivity index (χ1n) is 5.35. The van der Waals surface area contributed by atoms with E-state index in [1.165, 1.54) is 0 Å². The summed E-state index contributed by atoms with van der Waals surface area (Å²) in [5, 5.41) is 3.17. The quantitative estimate of drug-likeness (QED) is 0.670. The lowest BCUT2D eigenvalue weighted by molar-refractivity contribution is -0.129. The summed E-state index contributed by atoms with van der Waals surface area (Å²) in [6.07, 6.45) is 0.883. The van der Waals surface area contributed by atoms with Crippen molar-refractivity contribution >= 4 is 5.91 Å². The smallest absolute Gasteiger partial charge is 0.236 e. The number of likely N-dealkylation sites (N-methyl/N-ethyl adjacent to an activating group) is 1. The fraction of sp³-hybridized carbons (Fsp3) is 0.909. The number of amides is 1. The van der Waals surface area contributed by atoms with Gasteiger partial charge in [0.15, 0.2) is 0 Å². The summed E-state index contributed by atoms with van der Waals surface area (Å²) in [7, 11) is 3.49. The molecule has 0 saturated carbocycles.